The van der Waals surface area contributed by atoms with Crippen LogP contribution in [0, 0.1) is 9.39 Å². The largest absolute Gasteiger partial charge is 0.493 e. The van der Waals surface area contributed by atoms with Crippen LogP contribution in [0.1, 0.15) is 30.9 Å². The molecule has 9 nitrogen and oxygen atoms in total. The maximum Gasteiger partial charge on any atom is 0.247 e. The molecular formula is C27H32FIN2O7. The van der Waals surface area contributed by atoms with Crippen molar-refractivity contribution in [3.8, 4) is 11.5 Å². The first-order valence-corrected chi connectivity index (χ1v) is 13.3. The molecule has 3 rings (SSSR count). The summed E-state index contributed by atoms with van der Waals surface area (Å²) in [6, 6.07) is 8.47. The Bertz CT molecular complexity index is 1180. The molecule has 0 saturated heterocycles. The monoisotopic (exact) mass is 642 g/mol. The highest BCUT2D eigenvalue weighted by Gasteiger charge is 2.40. The van der Waals surface area contributed by atoms with Gasteiger partial charge in [-0.05, 0) is 52.4 Å². The van der Waals surface area contributed by atoms with E-state index in [-0.39, 0.29) is 56.2 Å². The molecule has 3 atom stereocenters. The van der Waals surface area contributed by atoms with Gasteiger partial charge in [0.05, 0.1) is 29.9 Å². The van der Waals surface area contributed by atoms with E-state index in [1.165, 1.54) is 24.2 Å². The molecule has 0 bridgehead atoms. The molecule has 0 aliphatic heterocycles. The second-order valence-electron chi connectivity index (χ2n) is 8.75. The molecule has 1 aliphatic carbocycles. The van der Waals surface area contributed by atoms with E-state index >= 15 is 0 Å². The highest BCUT2D eigenvalue weighted by atomic mass is 127. The van der Waals surface area contributed by atoms with E-state index in [0.29, 0.717) is 20.6 Å². The van der Waals surface area contributed by atoms with E-state index in [1.807, 2.05) is 22.6 Å². The molecule has 2 aromatic carbocycles. The van der Waals surface area contributed by atoms with Gasteiger partial charge in [-0.2, -0.15) is 0 Å². The Morgan fingerprint density at radius 3 is 2.61 bits per heavy atom. The highest BCUT2D eigenvalue weighted by molar-refractivity contribution is 14.1. The lowest BCUT2D eigenvalue weighted by Crippen LogP contribution is -2.54. The number of hydrogen-bond donors (Lipinski definition) is 4. The molecule has 0 radical (unpaired) electrons. The van der Waals surface area contributed by atoms with Crippen LogP contribution in [-0.2, 0) is 22.7 Å². The minimum atomic E-state index is -1.27. The normalized spacial score (nSPS) is 18.9. The lowest BCUT2D eigenvalue weighted by Gasteiger charge is -2.40. The highest BCUT2D eigenvalue weighted by Crippen LogP contribution is 2.37. The van der Waals surface area contributed by atoms with Crippen LogP contribution in [0.15, 0.2) is 48.0 Å². The standard InChI is InChI=1S/C27H32FIN2O7/c1-3-24(34)31(14-17-6-4-5-7-19(17)28)21-12-18(27(36)30-8-9-32)13-22(25(21)35)38-26-20(29)10-16(15-33)11-23(26)37-2/h4-7,10-11,13,21-22,25,32-33,35H,3,8-9,12,14-15H2,1-2H3,(H,30,36). The minimum absolute atomic E-state index is 0.00381. The SMILES string of the molecule is CCC(=O)N(Cc1ccccc1F)C1CC(C(=O)NCCO)=CC(Oc2c(I)cc(CO)cc2OC)C1O. The molecule has 0 spiro atoms. The zero-order chi connectivity index (χ0) is 27.8. The summed E-state index contributed by atoms with van der Waals surface area (Å²) in [5.41, 5.74) is 1.13. The molecule has 206 valence electrons. The molecule has 3 unspecified atom stereocenters. The minimum Gasteiger partial charge on any atom is -0.493 e. The Labute approximate surface area is 234 Å². The fourth-order valence-electron chi connectivity index (χ4n) is 4.30. The Kier molecular flexibility index (Phi) is 10.9. The smallest absolute Gasteiger partial charge is 0.247 e. The number of nitrogens with zero attached hydrogens (tertiary/aromatic N) is 1. The molecule has 2 amide bonds. The number of carbonyl (C=O) groups is 2. The number of aliphatic hydroxyl groups excluding tert-OH is 3. The number of ether oxygens (including phenoxy) is 2. The van der Waals surface area contributed by atoms with Gasteiger partial charge >= 0.3 is 0 Å². The lowest BCUT2D eigenvalue weighted by atomic mass is 9.87. The first kappa shape index (κ1) is 29.8. The van der Waals surface area contributed by atoms with Gasteiger partial charge in [0.1, 0.15) is 18.0 Å². The van der Waals surface area contributed by atoms with Crippen LogP contribution in [0.4, 0.5) is 4.39 Å². The van der Waals surface area contributed by atoms with Crippen molar-refractivity contribution >= 4 is 34.4 Å². The summed E-state index contributed by atoms with van der Waals surface area (Å²) in [5.74, 6) is -0.671. The molecule has 11 heteroatoms. The molecular weight excluding hydrogens is 610 g/mol. The van der Waals surface area contributed by atoms with Crippen molar-refractivity contribution in [1.82, 2.24) is 10.2 Å². The molecule has 0 saturated carbocycles. The summed E-state index contributed by atoms with van der Waals surface area (Å²) in [4.78, 5) is 27.4. The average molecular weight is 642 g/mol. The van der Waals surface area contributed by atoms with Crippen LogP contribution >= 0.6 is 22.6 Å². The molecule has 1 aliphatic rings. The average Bonchev–Trinajstić information content (AvgIpc) is 2.92. The molecule has 4 N–H and O–H groups in total. The topological polar surface area (TPSA) is 129 Å². The van der Waals surface area contributed by atoms with Gasteiger partial charge in [-0.3, -0.25) is 9.59 Å². The van der Waals surface area contributed by atoms with E-state index < -0.39 is 30.0 Å². The van der Waals surface area contributed by atoms with Crippen LogP contribution in [0.2, 0.25) is 0 Å². The van der Waals surface area contributed by atoms with E-state index in [9.17, 15) is 24.2 Å². The summed E-state index contributed by atoms with van der Waals surface area (Å²) >= 11 is 2.02. The van der Waals surface area contributed by atoms with Crippen LogP contribution in [0.3, 0.4) is 0 Å². The predicted molar refractivity (Wildman–Crippen MR) is 146 cm³/mol. The Morgan fingerprint density at radius 2 is 1.97 bits per heavy atom. The van der Waals surface area contributed by atoms with Crippen LogP contribution in [-0.4, -0.2) is 70.5 Å². The van der Waals surface area contributed by atoms with Crippen molar-refractivity contribution < 1.29 is 38.8 Å². The van der Waals surface area contributed by atoms with Crippen molar-refractivity contribution in [3.05, 3.63) is 68.6 Å². The Hall–Kier alpha value is -2.74. The number of amides is 2. The van der Waals surface area contributed by atoms with E-state index in [1.54, 1.807) is 37.3 Å². The van der Waals surface area contributed by atoms with E-state index in [0.717, 1.165) is 0 Å². The van der Waals surface area contributed by atoms with Gasteiger partial charge in [-0.25, -0.2) is 4.39 Å². The number of halogens is 2. The number of nitrogens with one attached hydrogen (secondary N) is 1. The second kappa shape index (κ2) is 13.9. The first-order chi connectivity index (χ1) is 18.2. The van der Waals surface area contributed by atoms with E-state index in [2.05, 4.69) is 5.32 Å². The summed E-state index contributed by atoms with van der Waals surface area (Å²) in [6.07, 6.45) is -0.756. The second-order valence-corrected chi connectivity index (χ2v) is 9.91. The quantitative estimate of drug-likeness (QED) is 0.277. The van der Waals surface area contributed by atoms with Crippen molar-refractivity contribution in [1.29, 1.82) is 0 Å². The van der Waals surface area contributed by atoms with Gasteiger partial charge in [-0.15, -0.1) is 0 Å². The summed E-state index contributed by atoms with van der Waals surface area (Å²) < 4.78 is 26.8. The predicted octanol–water partition coefficient (Wildman–Crippen LogP) is 2.29. The zero-order valence-electron chi connectivity index (χ0n) is 21.2. The van der Waals surface area contributed by atoms with Crippen molar-refractivity contribution in [2.24, 2.45) is 0 Å². The maximum atomic E-state index is 14.5. The lowest BCUT2D eigenvalue weighted by molar-refractivity contribution is -0.139. The van der Waals surface area contributed by atoms with Crippen LogP contribution in [0.5, 0.6) is 11.5 Å². The third-order valence-electron chi connectivity index (χ3n) is 6.26. The molecule has 2 aromatic rings. The Morgan fingerprint density at radius 1 is 1.24 bits per heavy atom. The van der Waals surface area contributed by atoms with Crippen LogP contribution < -0.4 is 14.8 Å². The summed E-state index contributed by atoms with van der Waals surface area (Å²) in [7, 11) is 1.44. The summed E-state index contributed by atoms with van der Waals surface area (Å²) in [6.45, 7) is 1.12. The molecule has 0 fully saturated rings. The van der Waals surface area contributed by atoms with Gasteiger partial charge in [0.2, 0.25) is 11.8 Å². The molecule has 38 heavy (non-hydrogen) atoms. The number of aliphatic hydroxyl groups is 3. The van der Waals surface area contributed by atoms with Gasteiger partial charge in [0.15, 0.2) is 11.5 Å². The zero-order valence-corrected chi connectivity index (χ0v) is 23.4. The van der Waals surface area contributed by atoms with Gasteiger partial charge in [0, 0.05) is 37.1 Å². The van der Waals surface area contributed by atoms with Gasteiger partial charge in [0.25, 0.3) is 0 Å². The van der Waals surface area contributed by atoms with Crippen LogP contribution in [0.25, 0.3) is 0 Å². The number of carbonyl (C=O) groups excluding carboxylic acids is 2. The van der Waals surface area contributed by atoms with Crippen molar-refractivity contribution in [2.45, 2.75) is 51.2 Å². The van der Waals surface area contributed by atoms with Gasteiger partial charge < -0.3 is 35.0 Å². The van der Waals surface area contributed by atoms with Crippen molar-refractivity contribution in [2.75, 3.05) is 20.3 Å². The first-order valence-electron chi connectivity index (χ1n) is 12.2. The number of benzene rings is 2. The molecule has 0 heterocycles. The maximum absolute atomic E-state index is 14.5. The number of methoxy groups -OCH3 is 1. The number of hydrogen-bond acceptors (Lipinski definition) is 7. The van der Waals surface area contributed by atoms with E-state index in [4.69, 9.17) is 14.6 Å². The third-order valence-corrected chi connectivity index (χ3v) is 7.06. The number of rotatable bonds is 11. The Balaban J connectivity index is 2.03. The fraction of sp³-hybridized carbons (Fsp3) is 0.407. The summed E-state index contributed by atoms with van der Waals surface area (Å²) in [5, 5.41) is 32.8. The molecule has 0 aromatic heterocycles. The van der Waals surface area contributed by atoms with Crippen molar-refractivity contribution in [3.63, 3.8) is 0 Å². The third kappa shape index (κ3) is 7.01. The van der Waals surface area contributed by atoms with Gasteiger partial charge in [-0.1, -0.05) is 25.1 Å². The fourth-order valence-corrected chi connectivity index (χ4v) is 5.09.